The summed E-state index contributed by atoms with van der Waals surface area (Å²) in [5.74, 6) is -0.393. The van der Waals surface area contributed by atoms with Crippen LogP contribution in [0.3, 0.4) is 0 Å². The molecule has 80 valence electrons. The Morgan fingerprint density at radius 3 is 2.12 bits per heavy atom. The molecule has 0 bridgehead atoms. The third-order valence-corrected chi connectivity index (χ3v) is 3.30. The number of hydrogen-bond acceptors (Lipinski definition) is 1. The van der Waals surface area contributed by atoms with Gasteiger partial charge in [0.2, 0.25) is 5.91 Å². The van der Waals surface area contributed by atoms with Crippen LogP contribution in [0.4, 0.5) is 0 Å². The number of carbonyl (C=O) groups excluding carboxylic acids is 1. The Morgan fingerprint density at radius 2 is 1.50 bits per heavy atom. The summed E-state index contributed by atoms with van der Waals surface area (Å²) >= 11 is 2.25. The summed E-state index contributed by atoms with van der Waals surface area (Å²) in [4.78, 5) is 11.3. The van der Waals surface area contributed by atoms with Gasteiger partial charge in [-0.2, -0.15) is 0 Å². The van der Waals surface area contributed by atoms with E-state index in [4.69, 9.17) is 5.73 Å². The van der Waals surface area contributed by atoms with E-state index in [1.54, 1.807) is 6.07 Å². The van der Waals surface area contributed by atoms with Gasteiger partial charge in [0.05, 0.1) is 0 Å². The monoisotopic (exact) mass is 323 g/mol. The minimum Gasteiger partial charge on any atom is -0.366 e. The van der Waals surface area contributed by atoms with Crippen molar-refractivity contribution in [2.75, 3.05) is 0 Å². The zero-order valence-corrected chi connectivity index (χ0v) is 10.6. The molecule has 0 saturated heterocycles. The number of carbonyl (C=O) groups is 1. The van der Waals surface area contributed by atoms with Gasteiger partial charge in [0.25, 0.3) is 0 Å². The minimum atomic E-state index is -0.393. The molecule has 0 aliphatic heterocycles. The normalized spacial score (nSPS) is 10.1. The van der Waals surface area contributed by atoms with Crippen LogP contribution < -0.4 is 5.73 Å². The standard InChI is InChI=1S/C13H10INO/c14-12-8-4-3-6-10(12)9-5-1-2-7-11(9)13(15)16/h1-8H,(H2,15,16). The van der Waals surface area contributed by atoms with Crippen LogP contribution in [0.5, 0.6) is 0 Å². The van der Waals surface area contributed by atoms with Gasteiger partial charge in [-0.05, 0) is 45.9 Å². The average Bonchev–Trinajstić information content (AvgIpc) is 2.29. The van der Waals surface area contributed by atoms with Crippen molar-refractivity contribution in [3.63, 3.8) is 0 Å². The number of halogens is 1. The molecule has 0 radical (unpaired) electrons. The quantitative estimate of drug-likeness (QED) is 0.848. The van der Waals surface area contributed by atoms with Crippen LogP contribution in [0.15, 0.2) is 48.5 Å². The van der Waals surface area contributed by atoms with Gasteiger partial charge in [-0.3, -0.25) is 4.79 Å². The Hall–Kier alpha value is -1.36. The smallest absolute Gasteiger partial charge is 0.249 e. The highest BCUT2D eigenvalue weighted by molar-refractivity contribution is 14.1. The lowest BCUT2D eigenvalue weighted by Crippen LogP contribution is -2.12. The van der Waals surface area contributed by atoms with Crippen LogP contribution in [0.25, 0.3) is 11.1 Å². The molecule has 0 aliphatic carbocycles. The van der Waals surface area contributed by atoms with E-state index in [2.05, 4.69) is 22.6 Å². The van der Waals surface area contributed by atoms with Gasteiger partial charge >= 0.3 is 0 Å². The summed E-state index contributed by atoms with van der Waals surface area (Å²) < 4.78 is 1.11. The van der Waals surface area contributed by atoms with E-state index < -0.39 is 5.91 Å². The molecule has 0 spiro atoms. The van der Waals surface area contributed by atoms with Crippen molar-refractivity contribution >= 4 is 28.5 Å². The Morgan fingerprint density at radius 1 is 0.938 bits per heavy atom. The van der Waals surface area contributed by atoms with Crippen LogP contribution in [0.2, 0.25) is 0 Å². The first-order valence-corrected chi connectivity index (χ1v) is 5.92. The first-order chi connectivity index (χ1) is 7.70. The fraction of sp³-hybridized carbons (Fsp3) is 0. The minimum absolute atomic E-state index is 0.393. The summed E-state index contributed by atoms with van der Waals surface area (Å²) in [5.41, 5.74) is 7.85. The van der Waals surface area contributed by atoms with E-state index >= 15 is 0 Å². The van der Waals surface area contributed by atoms with Gasteiger partial charge in [-0.1, -0.05) is 36.4 Å². The van der Waals surface area contributed by atoms with Crippen molar-refractivity contribution < 1.29 is 4.79 Å². The van der Waals surface area contributed by atoms with Crippen LogP contribution >= 0.6 is 22.6 Å². The molecular formula is C13H10INO. The van der Waals surface area contributed by atoms with Crippen molar-refractivity contribution in [3.05, 3.63) is 57.7 Å². The summed E-state index contributed by atoms with van der Waals surface area (Å²) in [5, 5.41) is 0. The molecule has 0 fully saturated rings. The molecule has 2 aromatic rings. The molecule has 2 nitrogen and oxygen atoms in total. The van der Waals surface area contributed by atoms with Gasteiger partial charge in [0, 0.05) is 9.13 Å². The highest BCUT2D eigenvalue weighted by atomic mass is 127. The number of amides is 1. The van der Waals surface area contributed by atoms with E-state index in [-0.39, 0.29) is 0 Å². The van der Waals surface area contributed by atoms with Crippen LogP contribution in [0.1, 0.15) is 10.4 Å². The van der Waals surface area contributed by atoms with Gasteiger partial charge < -0.3 is 5.73 Å². The Kier molecular flexibility index (Phi) is 3.24. The topological polar surface area (TPSA) is 43.1 Å². The predicted octanol–water partition coefficient (Wildman–Crippen LogP) is 3.06. The van der Waals surface area contributed by atoms with Crippen molar-refractivity contribution in [1.82, 2.24) is 0 Å². The molecule has 2 N–H and O–H groups in total. The highest BCUT2D eigenvalue weighted by Crippen LogP contribution is 2.27. The lowest BCUT2D eigenvalue weighted by Gasteiger charge is -2.08. The molecule has 2 rings (SSSR count). The maximum Gasteiger partial charge on any atom is 0.249 e. The van der Waals surface area contributed by atoms with Gasteiger partial charge in [0.1, 0.15) is 0 Å². The highest BCUT2D eigenvalue weighted by Gasteiger charge is 2.10. The molecule has 0 aliphatic rings. The zero-order valence-electron chi connectivity index (χ0n) is 8.48. The van der Waals surface area contributed by atoms with E-state index in [0.29, 0.717) is 5.56 Å². The number of hydrogen-bond donors (Lipinski definition) is 1. The summed E-state index contributed by atoms with van der Waals surface area (Å²) in [6, 6.07) is 15.3. The van der Waals surface area contributed by atoms with Gasteiger partial charge in [-0.15, -0.1) is 0 Å². The largest absolute Gasteiger partial charge is 0.366 e. The third-order valence-electron chi connectivity index (χ3n) is 2.36. The van der Waals surface area contributed by atoms with E-state index in [1.807, 2.05) is 42.5 Å². The second kappa shape index (κ2) is 4.65. The van der Waals surface area contributed by atoms with E-state index in [9.17, 15) is 4.79 Å². The lowest BCUT2D eigenvalue weighted by molar-refractivity contribution is 0.100. The number of rotatable bonds is 2. The van der Waals surface area contributed by atoms with Gasteiger partial charge in [0.15, 0.2) is 0 Å². The maximum absolute atomic E-state index is 11.3. The fourth-order valence-electron chi connectivity index (χ4n) is 1.61. The molecule has 1 amide bonds. The molecule has 0 saturated carbocycles. The van der Waals surface area contributed by atoms with Crippen molar-refractivity contribution in [1.29, 1.82) is 0 Å². The third kappa shape index (κ3) is 2.09. The molecule has 3 heteroatoms. The summed E-state index contributed by atoms with van der Waals surface area (Å²) in [6.07, 6.45) is 0. The Balaban J connectivity index is 2.65. The first-order valence-electron chi connectivity index (χ1n) is 4.84. The average molecular weight is 323 g/mol. The lowest BCUT2D eigenvalue weighted by atomic mass is 9.99. The van der Waals surface area contributed by atoms with Crippen LogP contribution in [-0.2, 0) is 0 Å². The molecule has 0 atom stereocenters. The van der Waals surface area contributed by atoms with E-state index in [1.165, 1.54) is 0 Å². The van der Waals surface area contributed by atoms with Gasteiger partial charge in [-0.25, -0.2) is 0 Å². The zero-order chi connectivity index (χ0) is 11.5. The summed E-state index contributed by atoms with van der Waals surface area (Å²) in [7, 11) is 0. The second-order valence-electron chi connectivity index (χ2n) is 3.39. The molecule has 16 heavy (non-hydrogen) atoms. The predicted molar refractivity (Wildman–Crippen MR) is 73.1 cm³/mol. The SMILES string of the molecule is NC(=O)c1ccccc1-c1ccccc1I. The second-order valence-corrected chi connectivity index (χ2v) is 4.55. The Bertz CT molecular complexity index is 537. The van der Waals surface area contributed by atoms with Crippen LogP contribution in [0, 0.1) is 3.57 Å². The fourth-order valence-corrected chi connectivity index (χ4v) is 2.29. The molecule has 0 unspecified atom stereocenters. The van der Waals surface area contributed by atoms with Crippen molar-refractivity contribution in [2.24, 2.45) is 5.73 Å². The maximum atomic E-state index is 11.3. The van der Waals surface area contributed by atoms with Crippen molar-refractivity contribution in [2.45, 2.75) is 0 Å². The Labute approximate surface area is 108 Å². The molecule has 0 heterocycles. The number of benzene rings is 2. The number of nitrogens with two attached hydrogens (primary N) is 1. The summed E-state index contributed by atoms with van der Waals surface area (Å²) in [6.45, 7) is 0. The molecule has 0 aromatic heterocycles. The van der Waals surface area contributed by atoms with E-state index in [0.717, 1.165) is 14.7 Å². The molecular weight excluding hydrogens is 313 g/mol. The molecule has 2 aromatic carbocycles. The first kappa shape index (κ1) is 11.1. The van der Waals surface area contributed by atoms with Crippen LogP contribution in [-0.4, -0.2) is 5.91 Å². The number of primary amides is 1. The van der Waals surface area contributed by atoms with Crippen molar-refractivity contribution in [3.8, 4) is 11.1 Å².